The summed E-state index contributed by atoms with van der Waals surface area (Å²) in [5.41, 5.74) is 3.24. The molecular weight excluding hydrogens is 444 g/mol. The third-order valence-electron chi connectivity index (χ3n) is 6.68. The van der Waals surface area contributed by atoms with Gasteiger partial charge < -0.3 is 14.4 Å². The van der Waals surface area contributed by atoms with E-state index in [1.165, 1.54) is 24.7 Å². The second-order valence-corrected chi connectivity index (χ2v) is 9.96. The third-order valence-corrected chi connectivity index (χ3v) is 6.68. The van der Waals surface area contributed by atoms with Gasteiger partial charge in [-0.05, 0) is 37.8 Å². The summed E-state index contributed by atoms with van der Waals surface area (Å²) in [6.45, 7) is 5.25. The number of ether oxygens (including phenoxy) is 1. The fourth-order valence-corrected chi connectivity index (χ4v) is 5.15. The number of carbonyl (C=O) groups is 1. The molecule has 0 fully saturated rings. The zero-order valence-corrected chi connectivity index (χ0v) is 19.3. The van der Waals surface area contributed by atoms with E-state index >= 15 is 0 Å². The number of carboxylic acids is 1. The highest BCUT2D eigenvalue weighted by Gasteiger charge is 2.39. The molecule has 0 bridgehead atoms. The number of hydrogen-bond acceptors (Lipinski definition) is 4. The Morgan fingerprint density at radius 2 is 2.00 bits per heavy atom. The van der Waals surface area contributed by atoms with Crippen LogP contribution in [0.3, 0.4) is 0 Å². The molecule has 7 nitrogen and oxygen atoms in total. The number of alkyl halides is 2. The van der Waals surface area contributed by atoms with Gasteiger partial charge in [-0.3, -0.25) is 4.79 Å². The van der Waals surface area contributed by atoms with Crippen molar-refractivity contribution in [2.45, 2.75) is 58.7 Å². The lowest BCUT2D eigenvalue weighted by Gasteiger charge is -2.34. The molecule has 0 saturated heterocycles. The Morgan fingerprint density at radius 1 is 1.26 bits per heavy atom. The Balaban J connectivity index is 1.80. The SMILES string of the molecule is CC(C)C1Cc2cc(-c3cnn(C(F)F)c3)c3c(c2-c2cc(=O)c(C(=O)O)cn21)CC(C)(C)O3. The minimum atomic E-state index is -2.75. The minimum absolute atomic E-state index is 0.0776. The lowest BCUT2D eigenvalue weighted by atomic mass is 9.82. The highest BCUT2D eigenvalue weighted by atomic mass is 19.3. The number of aromatic nitrogens is 3. The van der Waals surface area contributed by atoms with E-state index in [1.807, 2.05) is 38.3 Å². The molecule has 2 aliphatic rings. The van der Waals surface area contributed by atoms with Crippen molar-refractivity contribution in [2.75, 3.05) is 0 Å². The van der Waals surface area contributed by atoms with Gasteiger partial charge in [-0.25, -0.2) is 9.48 Å². The quantitative estimate of drug-likeness (QED) is 0.585. The number of halogens is 2. The van der Waals surface area contributed by atoms with E-state index in [1.54, 1.807) is 0 Å². The number of nitrogens with zero attached hydrogens (tertiary/aromatic N) is 3. The molecule has 5 rings (SSSR count). The molecule has 4 heterocycles. The van der Waals surface area contributed by atoms with Gasteiger partial charge in [0.05, 0.1) is 11.9 Å². The van der Waals surface area contributed by atoms with Gasteiger partial charge in [0.25, 0.3) is 0 Å². The molecule has 1 atom stereocenters. The molecule has 0 spiro atoms. The molecule has 178 valence electrons. The van der Waals surface area contributed by atoms with E-state index in [2.05, 4.69) is 5.10 Å². The molecule has 1 unspecified atom stereocenters. The summed E-state index contributed by atoms with van der Waals surface area (Å²) < 4.78 is 35.2. The second kappa shape index (κ2) is 7.51. The molecule has 2 aromatic heterocycles. The van der Waals surface area contributed by atoms with Gasteiger partial charge in [-0.2, -0.15) is 13.9 Å². The summed E-state index contributed by atoms with van der Waals surface area (Å²) in [5.74, 6) is -0.515. The largest absolute Gasteiger partial charge is 0.487 e. The zero-order valence-electron chi connectivity index (χ0n) is 19.3. The van der Waals surface area contributed by atoms with E-state index in [-0.39, 0.29) is 17.5 Å². The molecule has 1 N–H and O–H groups in total. The summed E-state index contributed by atoms with van der Waals surface area (Å²) in [6.07, 6.45) is 5.32. The third kappa shape index (κ3) is 3.41. The smallest absolute Gasteiger partial charge is 0.341 e. The van der Waals surface area contributed by atoms with Crippen molar-refractivity contribution in [3.05, 3.63) is 57.6 Å². The molecule has 0 radical (unpaired) electrons. The van der Waals surface area contributed by atoms with Crippen LogP contribution in [0, 0.1) is 5.92 Å². The monoisotopic (exact) mass is 469 g/mol. The fourth-order valence-electron chi connectivity index (χ4n) is 5.15. The van der Waals surface area contributed by atoms with E-state index < -0.39 is 23.5 Å². The molecule has 9 heteroatoms. The van der Waals surface area contributed by atoms with Crippen molar-refractivity contribution in [2.24, 2.45) is 5.92 Å². The number of aromatic carboxylic acids is 1. The Morgan fingerprint density at radius 3 is 2.62 bits per heavy atom. The van der Waals surface area contributed by atoms with Crippen LogP contribution < -0.4 is 10.2 Å². The standard InChI is InChI=1S/C25H25F2N3O4/c1-12(2)18-6-13-5-15(14-9-28-30(10-14)24(26)27)22-16(8-25(3,4)34-22)21(13)19-7-20(31)17(23(32)33)11-29(18)19/h5,7,9-12,18,24H,6,8H2,1-4H3,(H,32,33). The van der Waals surface area contributed by atoms with Crippen LogP contribution in [0.1, 0.15) is 61.8 Å². The van der Waals surface area contributed by atoms with Gasteiger partial charge in [-0.15, -0.1) is 0 Å². The zero-order chi connectivity index (χ0) is 24.5. The van der Waals surface area contributed by atoms with Crippen molar-refractivity contribution in [3.63, 3.8) is 0 Å². The molecule has 0 amide bonds. The molecule has 0 saturated carbocycles. The van der Waals surface area contributed by atoms with Gasteiger partial charge in [0, 0.05) is 53.2 Å². The predicted octanol–water partition coefficient (Wildman–Crippen LogP) is 4.94. The first kappa shape index (κ1) is 22.3. The summed E-state index contributed by atoms with van der Waals surface area (Å²) in [6, 6.07) is 3.26. The van der Waals surface area contributed by atoms with Crippen LogP contribution in [0.15, 0.2) is 35.5 Å². The lowest BCUT2D eigenvalue weighted by molar-refractivity contribution is 0.0566. The Hall–Kier alpha value is -3.49. The average molecular weight is 469 g/mol. The number of carboxylic acid groups (broad SMARTS) is 1. The molecule has 0 aliphatic carbocycles. The maximum absolute atomic E-state index is 13.2. The molecule has 3 aromatic rings. The van der Waals surface area contributed by atoms with Crippen LogP contribution in [-0.2, 0) is 12.8 Å². The van der Waals surface area contributed by atoms with Gasteiger partial charge >= 0.3 is 12.5 Å². The number of benzene rings is 1. The van der Waals surface area contributed by atoms with Crippen LogP contribution in [0.4, 0.5) is 8.78 Å². The van der Waals surface area contributed by atoms with Crippen molar-refractivity contribution in [3.8, 4) is 28.1 Å². The Bertz CT molecular complexity index is 1390. The number of rotatable bonds is 4. The molecule has 34 heavy (non-hydrogen) atoms. The normalized spacial score (nSPS) is 17.9. The Labute approximate surface area is 194 Å². The van der Waals surface area contributed by atoms with Crippen LogP contribution >= 0.6 is 0 Å². The number of fused-ring (bicyclic) bond motifs is 5. The van der Waals surface area contributed by atoms with Crippen molar-refractivity contribution in [1.82, 2.24) is 14.3 Å². The van der Waals surface area contributed by atoms with Crippen LogP contribution in [0.25, 0.3) is 22.4 Å². The highest BCUT2D eigenvalue weighted by Crippen LogP contribution is 2.51. The van der Waals surface area contributed by atoms with E-state index in [0.29, 0.717) is 40.1 Å². The van der Waals surface area contributed by atoms with Crippen LogP contribution in [0.2, 0.25) is 0 Å². The van der Waals surface area contributed by atoms with Gasteiger partial charge in [-0.1, -0.05) is 13.8 Å². The lowest BCUT2D eigenvalue weighted by Crippen LogP contribution is -2.29. The summed E-state index contributed by atoms with van der Waals surface area (Å²) in [4.78, 5) is 24.4. The fraction of sp³-hybridized carbons (Fsp3) is 0.400. The van der Waals surface area contributed by atoms with Crippen LogP contribution in [-0.4, -0.2) is 31.0 Å². The van der Waals surface area contributed by atoms with E-state index in [0.717, 1.165) is 16.7 Å². The first-order valence-electron chi connectivity index (χ1n) is 11.2. The Kier molecular flexibility index (Phi) is 4.93. The summed E-state index contributed by atoms with van der Waals surface area (Å²) >= 11 is 0. The van der Waals surface area contributed by atoms with E-state index in [9.17, 15) is 23.5 Å². The number of pyridine rings is 1. The summed E-state index contributed by atoms with van der Waals surface area (Å²) in [5, 5.41) is 13.3. The van der Waals surface area contributed by atoms with Crippen molar-refractivity contribution in [1.29, 1.82) is 0 Å². The van der Waals surface area contributed by atoms with Crippen molar-refractivity contribution >= 4 is 5.97 Å². The first-order valence-corrected chi connectivity index (χ1v) is 11.2. The van der Waals surface area contributed by atoms with E-state index in [4.69, 9.17) is 4.74 Å². The first-order chi connectivity index (χ1) is 16.0. The highest BCUT2D eigenvalue weighted by molar-refractivity contribution is 5.89. The number of hydrogen-bond donors (Lipinski definition) is 1. The van der Waals surface area contributed by atoms with Gasteiger partial charge in [0.15, 0.2) is 5.43 Å². The average Bonchev–Trinajstić information content (AvgIpc) is 3.35. The topological polar surface area (TPSA) is 86.4 Å². The molecule has 1 aromatic carbocycles. The second-order valence-electron chi connectivity index (χ2n) is 9.96. The minimum Gasteiger partial charge on any atom is -0.487 e. The van der Waals surface area contributed by atoms with Crippen molar-refractivity contribution < 1.29 is 23.4 Å². The maximum atomic E-state index is 13.2. The van der Waals surface area contributed by atoms with Gasteiger partial charge in [0.2, 0.25) is 0 Å². The molecule has 2 aliphatic heterocycles. The maximum Gasteiger partial charge on any atom is 0.341 e. The summed E-state index contributed by atoms with van der Waals surface area (Å²) in [7, 11) is 0. The molecular formula is C25H25F2N3O4. The van der Waals surface area contributed by atoms with Gasteiger partial charge in [0.1, 0.15) is 16.9 Å². The van der Waals surface area contributed by atoms with Crippen LogP contribution in [0.5, 0.6) is 5.75 Å². The predicted molar refractivity (Wildman–Crippen MR) is 122 cm³/mol.